The Morgan fingerprint density at radius 2 is 1.66 bits per heavy atom. The second kappa shape index (κ2) is 14.4. The third-order valence-corrected chi connectivity index (χ3v) is 4.43. The van der Waals surface area contributed by atoms with Gasteiger partial charge in [0.25, 0.3) is 5.91 Å². The Bertz CT molecular complexity index is 714. The number of amides is 2. The number of carbonyl (C=O) groups is 2. The second-order valence-electron chi connectivity index (χ2n) is 7.23. The fourth-order valence-electron chi connectivity index (χ4n) is 2.77. The molecule has 2 N–H and O–H groups in total. The third kappa shape index (κ3) is 10.5. The summed E-state index contributed by atoms with van der Waals surface area (Å²) in [5.74, 6) is -0.579. The van der Waals surface area contributed by atoms with Crippen molar-refractivity contribution in [2.75, 3.05) is 0 Å². The number of aryl methyl sites for hydroxylation is 1. The van der Waals surface area contributed by atoms with Crippen molar-refractivity contribution in [2.24, 2.45) is 15.3 Å². The number of phenols is 1. The zero-order valence-electron chi connectivity index (χ0n) is 17.9. The minimum absolute atomic E-state index is 0.126. The summed E-state index contributed by atoms with van der Waals surface area (Å²) in [6.45, 7) is 6.08. The van der Waals surface area contributed by atoms with Crippen LogP contribution in [0.25, 0.3) is 0 Å². The van der Waals surface area contributed by atoms with Crippen LogP contribution in [0.1, 0.15) is 89.2 Å². The largest absolute Gasteiger partial charge is 0.505 e. The molecule has 0 bridgehead atoms. The molecule has 160 valence electrons. The van der Waals surface area contributed by atoms with E-state index in [1.165, 1.54) is 6.21 Å². The number of carbonyl (C=O) groups excluding carboxylic acids is 2. The number of unbranched alkanes of at least 4 members (excludes halogenated alkanes) is 6. The van der Waals surface area contributed by atoms with Crippen LogP contribution in [-0.4, -0.2) is 23.1 Å². The summed E-state index contributed by atoms with van der Waals surface area (Å²) in [6.07, 6.45) is 10.3. The fraction of sp³-hybridized carbons (Fsp3) is 0.591. The molecule has 0 aliphatic rings. The fourth-order valence-corrected chi connectivity index (χ4v) is 2.77. The Hall–Kier alpha value is -2.57. The third-order valence-electron chi connectivity index (χ3n) is 4.43. The molecule has 0 saturated carbocycles. The van der Waals surface area contributed by atoms with Crippen LogP contribution in [0.2, 0.25) is 0 Å². The highest BCUT2D eigenvalue weighted by molar-refractivity contribution is 5.88. The molecule has 0 atom stereocenters. The number of azo groups is 1. The number of phenolic OH excluding ortho intramolecular Hbond substituents is 1. The van der Waals surface area contributed by atoms with Crippen molar-refractivity contribution < 1.29 is 14.7 Å². The van der Waals surface area contributed by atoms with Gasteiger partial charge in [-0.25, -0.2) is 5.43 Å². The van der Waals surface area contributed by atoms with E-state index in [0.717, 1.165) is 56.9 Å². The number of hydrogen-bond donors (Lipinski definition) is 2. The monoisotopic (exact) mass is 402 g/mol. The lowest BCUT2D eigenvalue weighted by atomic mass is 10.1. The van der Waals surface area contributed by atoms with Gasteiger partial charge in [0.15, 0.2) is 5.75 Å². The molecule has 29 heavy (non-hydrogen) atoms. The number of aromatic hydroxyl groups is 1. The molecule has 0 radical (unpaired) electrons. The molecular weight excluding hydrogens is 368 g/mol. The lowest BCUT2D eigenvalue weighted by molar-refractivity contribution is -0.121. The number of nitrogens with zero attached hydrogens (tertiary/aromatic N) is 3. The predicted octanol–water partition coefficient (Wildman–Crippen LogP) is 5.70. The van der Waals surface area contributed by atoms with Crippen LogP contribution in [0.15, 0.2) is 27.5 Å². The minimum Gasteiger partial charge on any atom is -0.505 e. The van der Waals surface area contributed by atoms with Gasteiger partial charge in [-0.1, -0.05) is 52.4 Å². The van der Waals surface area contributed by atoms with Gasteiger partial charge < -0.3 is 5.11 Å². The van der Waals surface area contributed by atoms with Crippen molar-refractivity contribution in [3.8, 4) is 5.75 Å². The molecule has 0 heterocycles. The lowest BCUT2D eigenvalue weighted by Gasteiger charge is -2.05. The summed E-state index contributed by atoms with van der Waals surface area (Å²) in [7, 11) is 0. The first-order valence-corrected chi connectivity index (χ1v) is 10.6. The first kappa shape index (κ1) is 24.5. The second-order valence-corrected chi connectivity index (χ2v) is 7.23. The zero-order valence-corrected chi connectivity index (χ0v) is 17.9. The average Bonchev–Trinajstić information content (AvgIpc) is 2.69. The van der Waals surface area contributed by atoms with Crippen LogP contribution in [0.3, 0.4) is 0 Å². The summed E-state index contributed by atoms with van der Waals surface area (Å²) in [6, 6.07) is 3.37. The maximum atomic E-state index is 11.8. The first-order chi connectivity index (χ1) is 14.0. The number of hydrogen-bond acceptors (Lipinski definition) is 5. The van der Waals surface area contributed by atoms with Crippen LogP contribution in [0.4, 0.5) is 5.69 Å². The molecule has 0 unspecified atom stereocenters. The molecule has 7 nitrogen and oxygen atoms in total. The van der Waals surface area contributed by atoms with Crippen LogP contribution in [0.5, 0.6) is 5.75 Å². The quantitative estimate of drug-likeness (QED) is 0.191. The Labute approximate surface area is 173 Å². The summed E-state index contributed by atoms with van der Waals surface area (Å²) in [5, 5.41) is 21.9. The Kier molecular flexibility index (Phi) is 12.2. The highest BCUT2D eigenvalue weighted by Crippen LogP contribution is 2.31. The normalized spacial score (nSPS) is 11.4. The van der Waals surface area contributed by atoms with Gasteiger partial charge in [-0.15, -0.1) is 10.2 Å². The number of rotatable bonds is 13. The summed E-state index contributed by atoms with van der Waals surface area (Å²) >= 11 is 0. The molecule has 0 saturated heterocycles. The van der Waals surface area contributed by atoms with Gasteiger partial charge in [0, 0.05) is 18.4 Å². The van der Waals surface area contributed by atoms with Gasteiger partial charge in [0.2, 0.25) is 5.91 Å². The Morgan fingerprint density at radius 3 is 2.31 bits per heavy atom. The van der Waals surface area contributed by atoms with Gasteiger partial charge in [-0.3, -0.25) is 9.59 Å². The van der Waals surface area contributed by atoms with Gasteiger partial charge in [0.1, 0.15) is 5.69 Å². The SMILES string of the molecule is CCCCCCC(=O)N=Nc1cc(C)cc(/C=N\NC(=O)CCCCCC)c1O. The van der Waals surface area contributed by atoms with E-state index in [1.54, 1.807) is 12.1 Å². The van der Waals surface area contributed by atoms with Crippen LogP contribution in [-0.2, 0) is 9.59 Å². The standard InChI is InChI=1S/C22H34N4O3/c1-4-6-8-10-12-20(27)25-23-16-18-14-17(3)15-19(22(18)29)24-26-21(28)13-11-9-7-5-2/h14-16,29H,4-13H2,1-3H3,(H,25,27)/b23-16-,26-24?. The van der Waals surface area contributed by atoms with E-state index in [-0.39, 0.29) is 23.3 Å². The summed E-state index contributed by atoms with van der Waals surface area (Å²) < 4.78 is 0. The molecule has 1 aromatic rings. The predicted molar refractivity (Wildman–Crippen MR) is 116 cm³/mol. The molecule has 2 amide bonds. The minimum atomic E-state index is -0.299. The molecule has 0 aromatic heterocycles. The van der Waals surface area contributed by atoms with E-state index in [2.05, 4.69) is 34.6 Å². The number of nitrogens with one attached hydrogen (secondary N) is 1. The van der Waals surface area contributed by atoms with Crippen molar-refractivity contribution in [2.45, 2.75) is 85.0 Å². The first-order valence-electron chi connectivity index (χ1n) is 10.6. The molecule has 0 fully saturated rings. The van der Waals surface area contributed by atoms with Crippen molar-refractivity contribution in [1.82, 2.24) is 5.43 Å². The van der Waals surface area contributed by atoms with Crippen molar-refractivity contribution in [3.63, 3.8) is 0 Å². The lowest BCUT2D eigenvalue weighted by Crippen LogP contribution is -2.16. The van der Waals surface area contributed by atoms with Crippen LogP contribution < -0.4 is 5.43 Å². The molecule has 1 aromatic carbocycles. The number of hydrazone groups is 1. The molecule has 0 aliphatic carbocycles. The van der Waals surface area contributed by atoms with Crippen molar-refractivity contribution in [3.05, 3.63) is 23.3 Å². The Morgan fingerprint density at radius 1 is 1.00 bits per heavy atom. The maximum absolute atomic E-state index is 11.8. The summed E-state index contributed by atoms with van der Waals surface area (Å²) in [5.41, 5.74) is 3.91. The van der Waals surface area contributed by atoms with E-state index < -0.39 is 0 Å². The van der Waals surface area contributed by atoms with Crippen LogP contribution >= 0.6 is 0 Å². The van der Waals surface area contributed by atoms with Crippen molar-refractivity contribution >= 4 is 23.7 Å². The number of benzene rings is 1. The molecule has 0 aliphatic heterocycles. The zero-order chi connectivity index (χ0) is 21.5. The van der Waals surface area contributed by atoms with E-state index in [0.29, 0.717) is 18.4 Å². The summed E-state index contributed by atoms with van der Waals surface area (Å²) in [4.78, 5) is 23.6. The van der Waals surface area contributed by atoms with Crippen LogP contribution in [0, 0.1) is 6.92 Å². The molecular formula is C22H34N4O3. The van der Waals surface area contributed by atoms with E-state index >= 15 is 0 Å². The van der Waals surface area contributed by atoms with E-state index in [9.17, 15) is 14.7 Å². The maximum Gasteiger partial charge on any atom is 0.264 e. The van der Waals surface area contributed by atoms with Gasteiger partial charge >= 0.3 is 0 Å². The molecule has 1 rings (SSSR count). The average molecular weight is 403 g/mol. The van der Waals surface area contributed by atoms with E-state index in [4.69, 9.17) is 0 Å². The Balaban J connectivity index is 2.65. The van der Waals surface area contributed by atoms with Gasteiger partial charge in [-0.2, -0.15) is 5.10 Å². The smallest absolute Gasteiger partial charge is 0.264 e. The highest BCUT2D eigenvalue weighted by atomic mass is 16.3. The highest BCUT2D eigenvalue weighted by Gasteiger charge is 2.08. The van der Waals surface area contributed by atoms with Crippen molar-refractivity contribution in [1.29, 1.82) is 0 Å². The topological polar surface area (TPSA) is 103 Å². The molecule has 7 heteroatoms. The van der Waals surface area contributed by atoms with Gasteiger partial charge in [-0.05, 0) is 37.5 Å². The van der Waals surface area contributed by atoms with Gasteiger partial charge in [0.05, 0.1) is 6.21 Å². The molecule has 0 spiro atoms. The van der Waals surface area contributed by atoms with E-state index in [1.807, 2.05) is 6.92 Å².